The second kappa shape index (κ2) is 10.0. The van der Waals surface area contributed by atoms with Gasteiger partial charge in [0.05, 0.1) is 18.8 Å². The number of anilines is 1. The summed E-state index contributed by atoms with van der Waals surface area (Å²) in [4.78, 5) is 31.0. The van der Waals surface area contributed by atoms with Crippen LogP contribution in [0.25, 0.3) is 11.1 Å². The first-order valence-electron chi connectivity index (χ1n) is 11.5. The molecule has 0 radical (unpaired) electrons. The number of benzene rings is 1. The fourth-order valence-corrected chi connectivity index (χ4v) is 4.43. The van der Waals surface area contributed by atoms with Gasteiger partial charge >= 0.3 is 0 Å². The maximum absolute atomic E-state index is 13.3. The number of methoxy groups -OCH3 is 1. The Labute approximate surface area is 195 Å². The maximum atomic E-state index is 13.3. The number of hydrogen-bond acceptors (Lipinski definition) is 6. The summed E-state index contributed by atoms with van der Waals surface area (Å²) in [6.07, 6.45) is 8.75. The minimum absolute atomic E-state index is 0.0752. The molecule has 1 amide bonds. The minimum Gasteiger partial charge on any atom is -0.497 e. The van der Waals surface area contributed by atoms with E-state index in [-0.39, 0.29) is 11.9 Å². The highest BCUT2D eigenvalue weighted by Gasteiger charge is 2.33. The zero-order valence-electron chi connectivity index (χ0n) is 19.9. The Morgan fingerprint density at radius 1 is 1.27 bits per heavy atom. The van der Waals surface area contributed by atoms with Gasteiger partial charge in [-0.1, -0.05) is 19.1 Å². The molecule has 0 saturated carbocycles. The smallest absolute Gasteiger partial charge is 0.225 e. The lowest BCUT2D eigenvalue weighted by Gasteiger charge is -2.27. The van der Waals surface area contributed by atoms with Crippen molar-refractivity contribution in [2.45, 2.75) is 45.2 Å². The molecule has 3 aromatic rings. The maximum Gasteiger partial charge on any atom is 0.225 e. The summed E-state index contributed by atoms with van der Waals surface area (Å²) in [6, 6.07) is 7.83. The highest BCUT2D eigenvalue weighted by Crippen LogP contribution is 2.38. The van der Waals surface area contributed by atoms with E-state index in [0.717, 1.165) is 54.2 Å². The monoisotopic (exact) mass is 448 g/mol. The summed E-state index contributed by atoms with van der Waals surface area (Å²) >= 11 is 0. The molecule has 0 aliphatic carbocycles. The van der Waals surface area contributed by atoms with Gasteiger partial charge in [-0.25, -0.2) is 15.0 Å². The van der Waals surface area contributed by atoms with Crippen LogP contribution in [0.15, 0.2) is 42.9 Å². The SMILES string of the molecule is CCc1nccn1CCC(=O)N1CCC[C@@H]1c1nc(N(C)C)ncc1-c1cccc(OC)c1. The summed E-state index contributed by atoms with van der Waals surface area (Å²) in [6.45, 7) is 3.46. The number of ether oxygens (including phenoxy) is 1. The molecule has 8 heteroatoms. The number of carbonyl (C=O) groups excluding carboxylic acids is 1. The minimum atomic E-state index is -0.0752. The number of imidazole rings is 1. The quantitative estimate of drug-likeness (QED) is 0.523. The largest absolute Gasteiger partial charge is 0.497 e. The van der Waals surface area contributed by atoms with Crippen LogP contribution in [0.4, 0.5) is 5.95 Å². The molecule has 4 rings (SSSR count). The summed E-state index contributed by atoms with van der Waals surface area (Å²) < 4.78 is 7.50. The molecule has 174 valence electrons. The zero-order chi connectivity index (χ0) is 23.4. The third-order valence-corrected chi connectivity index (χ3v) is 6.16. The number of nitrogens with zero attached hydrogens (tertiary/aromatic N) is 6. The van der Waals surface area contributed by atoms with Gasteiger partial charge in [0.15, 0.2) is 0 Å². The Bertz CT molecular complexity index is 1110. The van der Waals surface area contributed by atoms with Crippen molar-refractivity contribution >= 4 is 11.9 Å². The molecule has 1 fully saturated rings. The molecule has 0 unspecified atom stereocenters. The van der Waals surface area contributed by atoms with Gasteiger partial charge in [-0.2, -0.15) is 0 Å². The van der Waals surface area contributed by atoms with Crippen molar-refractivity contribution in [3.63, 3.8) is 0 Å². The first kappa shape index (κ1) is 22.8. The number of likely N-dealkylation sites (tertiary alicyclic amines) is 1. The Hall–Kier alpha value is -3.42. The predicted octanol–water partition coefficient (Wildman–Crippen LogP) is 3.73. The van der Waals surface area contributed by atoms with Crippen LogP contribution >= 0.6 is 0 Å². The topological polar surface area (TPSA) is 76.4 Å². The fourth-order valence-electron chi connectivity index (χ4n) is 4.43. The fraction of sp³-hybridized carbons (Fsp3) is 0.440. The molecule has 1 atom stereocenters. The van der Waals surface area contributed by atoms with E-state index in [2.05, 4.69) is 21.5 Å². The third kappa shape index (κ3) is 4.84. The van der Waals surface area contributed by atoms with E-state index in [9.17, 15) is 4.79 Å². The molecular weight excluding hydrogens is 416 g/mol. The van der Waals surface area contributed by atoms with Gasteiger partial charge in [0.2, 0.25) is 11.9 Å². The van der Waals surface area contributed by atoms with Gasteiger partial charge in [0.25, 0.3) is 0 Å². The normalized spacial score (nSPS) is 15.6. The molecule has 1 aliphatic heterocycles. The number of aromatic nitrogens is 4. The Morgan fingerprint density at radius 3 is 2.88 bits per heavy atom. The lowest BCUT2D eigenvalue weighted by atomic mass is 9.99. The van der Waals surface area contributed by atoms with Crippen molar-refractivity contribution < 1.29 is 9.53 Å². The van der Waals surface area contributed by atoms with Crippen LogP contribution in [-0.2, 0) is 17.8 Å². The highest BCUT2D eigenvalue weighted by atomic mass is 16.5. The van der Waals surface area contributed by atoms with Gasteiger partial charge in [-0.15, -0.1) is 0 Å². The van der Waals surface area contributed by atoms with Crippen molar-refractivity contribution in [3.05, 3.63) is 54.4 Å². The third-order valence-electron chi connectivity index (χ3n) is 6.16. The van der Waals surface area contributed by atoms with Crippen LogP contribution in [0.3, 0.4) is 0 Å². The molecule has 33 heavy (non-hydrogen) atoms. The average molecular weight is 449 g/mol. The highest BCUT2D eigenvalue weighted by molar-refractivity contribution is 5.78. The van der Waals surface area contributed by atoms with Gasteiger partial charge in [-0.3, -0.25) is 4.79 Å². The average Bonchev–Trinajstić information content (AvgIpc) is 3.51. The molecule has 1 aromatic carbocycles. The molecule has 8 nitrogen and oxygen atoms in total. The summed E-state index contributed by atoms with van der Waals surface area (Å²) in [7, 11) is 5.52. The van der Waals surface area contributed by atoms with E-state index in [1.54, 1.807) is 13.3 Å². The second-order valence-corrected chi connectivity index (χ2v) is 8.48. The van der Waals surface area contributed by atoms with E-state index < -0.39 is 0 Å². The number of hydrogen-bond donors (Lipinski definition) is 0. The van der Waals surface area contributed by atoms with Crippen LogP contribution in [0.2, 0.25) is 0 Å². The molecule has 0 bridgehead atoms. The summed E-state index contributed by atoms with van der Waals surface area (Å²) in [5, 5.41) is 0. The van der Waals surface area contributed by atoms with E-state index >= 15 is 0 Å². The first-order valence-corrected chi connectivity index (χ1v) is 11.5. The Kier molecular flexibility index (Phi) is 6.91. The standard InChI is InChI=1S/C25H32N6O2/c1-5-22-26-12-15-30(22)14-11-23(32)31-13-7-10-21(31)24-20(17-27-25(28-24)29(2)3)18-8-6-9-19(16-18)33-4/h6,8-9,12,15-17,21H,5,7,10-11,13-14H2,1-4H3/t21-/m1/s1. The van der Waals surface area contributed by atoms with Gasteiger partial charge in [0.1, 0.15) is 11.6 Å². The molecular formula is C25H32N6O2. The van der Waals surface area contributed by atoms with Crippen molar-refractivity contribution in [3.8, 4) is 16.9 Å². The van der Waals surface area contributed by atoms with Crippen LogP contribution in [0.5, 0.6) is 5.75 Å². The van der Waals surface area contributed by atoms with Crippen molar-refractivity contribution in [1.82, 2.24) is 24.4 Å². The van der Waals surface area contributed by atoms with Crippen molar-refractivity contribution in [2.75, 3.05) is 32.6 Å². The predicted molar refractivity (Wildman–Crippen MR) is 128 cm³/mol. The number of amides is 1. The summed E-state index contributed by atoms with van der Waals surface area (Å²) in [5.41, 5.74) is 2.82. The number of aryl methyl sites for hydroxylation is 2. The first-order chi connectivity index (χ1) is 16.0. The van der Waals surface area contributed by atoms with Gasteiger partial charge in [-0.05, 0) is 30.5 Å². The molecule has 1 saturated heterocycles. The Balaban J connectivity index is 1.64. The van der Waals surface area contributed by atoms with E-state index in [1.807, 2.05) is 60.6 Å². The van der Waals surface area contributed by atoms with Gasteiger partial charge in [0, 0.05) is 64.2 Å². The number of carbonyl (C=O) groups is 1. The van der Waals surface area contributed by atoms with E-state index in [0.29, 0.717) is 18.9 Å². The van der Waals surface area contributed by atoms with E-state index in [4.69, 9.17) is 9.72 Å². The van der Waals surface area contributed by atoms with Gasteiger partial charge < -0.3 is 19.1 Å². The van der Waals surface area contributed by atoms with E-state index in [1.165, 1.54) is 0 Å². The molecule has 2 aromatic heterocycles. The number of rotatable bonds is 8. The van der Waals surface area contributed by atoms with Crippen LogP contribution in [-0.4, -0.2) is 58.1 Å². The summed E-state index contributed by atoms with van der Waals surface area (Å²) in [5.74, 6) is 2.57. The lowest BCUT2D eigenvalue weighted by molar-refractivity contribution is -0.132. The van der Waals surface area contributed by atoms with Crippen LogP contribution in [0, 0.1) is 0 Å². The zero-order valence-corrected chi connectivity index (χ0v) is 19.9. The Morgan fingerprint density at radius 2 is 2.12 bits per heavy atom. The molecule has 0 N–H and O–H groups in total. The second-order valence-electron chi connectivity index (χ2n) is 8.48. The molecule has 0 spiro atoms. The van der Waals surface area contributed by atoms with Crippen LogP contribution in [0.1, 0.15) is 43.7 Å². The lowest BCUT2D eigenvalue weighted by Crippen LogP contribution is -2.32. The molecule has 3 heterocycles. The van der Waals surface area contributed by atoms with Crippen molar-refractivity contribution in [1.29, 1.82) is 0 Å². The van der Waals surface area contributed by atoms with Crippen molar-refractivity contribution in [2.24, 2.45) is 0 Å². The van der Waals surface area contributed by atoms with Crippen LogP contribution < -0.4 is 9.64 Å². The molecule has 1 aliphatic rings.